The van der Waals surface area contributed by atoms with Gasteiger partial charge in [-0.05, 0) is 47.6 Å². The summed E-state index contributed by atoms with van der Waals surface area (Å²) in [6, 6.07) is 2.12. The van der Waals surface area contributed by atoms with Crippen LogP contribution in [0.5, 0.6) is 0 Å². The van der Waals surface area contributed by atoms with Gasteiger partial charge in [-0.15, -0.1) is 0 Å². The highest BCUT2D eigenvalue weighted by Crippen LogP contribution is 2.21. The van der Waals surface area contributed by atoms with E-state index in [4.69, 9.17) is 5.41 Å². The summed E-state index contributed by atoms with van der Waals surface area (Å²) < 4.78 is 0. The molecule has 0 aliphatic rings. The molecule has 0 unspecified atom stereocenters. The number of amidine groups is 1. The second-order valence-corrected chi connectivity index (χ2v) is 6.80. The number of rotatable bonds is 5. The smallest absolute Gasteiger partial charge is 0.120 e. The highest BCUT2D eigenvalue weighted by Gasteiger charge is 2.09. The number of aliphatic imine (C=N–C) groups is 1. The molecule has 0 saturated carbocycles. The molecule has 1 N–H and O–H groups in total. The van der Waals surface area contributed by atoms with Crippen molar-refractivity contribution in [1.29, 1.82) is 5.41 Å². The molecule has 0 spiro atoms. The first kappa shape index (κ1) is 15.1. The van der Waals surface area contributed by atoms with Crippen molar-refractivity contribution in [3.05, 3.63) is 22.4 Å². The Morgan fingerprint density at radius 2 is 2.11 bits per heavy atom. The third kappa shape index (κ3) is 6.70. The normalized spacial score (nSPS) is 12.8. The van der Waals surface area contributed by atoms with Crippen molar-refractivity contribution in [2.75, 3.05) is 0 Å². The molecule has 0 fully saturated rings. The summed E-state index contributed by atoms with van der Waals surface area (Å²) in [5, 5.41) is 12.1. The molecule has 100 valence electrons. The standard InChI is InChI=1S/C15H24N2S/c1-12(10-13-7-9-18-11-13)17-14(16)6-5-8-15(2,3)4/h7,9,11,16H,5-6,8,10H2,1-4H3. The molecule has 0 atom stereocenters. The molecule has 18 heavy (non-hydrogen) atoms. The zero-order valence-corrected chi connectivity index (χ0v) is 12.7. The lowest BCUT2D eigenvalue weighted by Crippen LogP contribution is -2.07. The fraction of sp³-hybridized carbons (Fsp3) is 0.600. The van der Waals surface area contributed by atoms with Gasteiger partial charge in [-0.25, -0.2) is 4.99 Å². The van der Waals surface area contributed by atoms with Crippen molar-refractivity contribution in [1.82, 2.24) is 0 Å². The molecule has 0 bridgehead atoms. The Labute approximate surface area is 115 Å². The zero-order valence-electron chi connectivity index (χ0n) is 11.9. The maximum Gasteiger partial charge on any atom is 0.120 e. The number of thiophene rings is 1. The SMILES string of the molecule is CC(Cc1ccsc1)=NC(=N)CCCC(C)(C)C. The molecule has 0 aliphatic heterocycles. The highest BCUT2D eigenvalue weighted by molar-refractivity contribution is 7.08. The van der Waals surface area contributed by atoms with Gasteiger partial charge in [-0.2, -0.15) is 11.3 Å². The Morgan fingerprint density at radius 1 is 1.39 bits per heavy atom. The van der Waals surface area contributed by atoms with Gasteiger partial charge in [0.05, 0.1) is 0 Å². The van der Waals surface area contributed by atoms with Crippen LogP contribution in [0, 0.1) is 10.8 Å². The first-order valence-corrected chi connectivity index (χ1v) is 7.44. The van der Waals surface area contributed by atoms with Gasteiger partial charge in [0.1, 0.15) is 5.84 Å². The van der Waals surface area contributed by atoms with Crippen LogP contribution in [0.3, 0.4) is 0 Å². The molecule has 0 amide bonds. The number of nitrogens with zero attached hydrogens (tertiary/aromatic N) is 1. The van der Waals surface area contributed by atoms with E-state index in [1.807, 2.05) is 6.92 Å². The van der Waals surface area contributed by atoms with Gasteiger partial charge in [0, 0.05) is 18.6 Å². The average molecular weight is 264 g/mol. The predicted octanol–water partition coefficient (Wildman–Crippen LogP) is 4.95. The van der Waals surface area contributed by atoms with Gasteiger partial charge >= 0.3 is 0 Å². The first-order chi connectivity index (χ1) is 8.37. The summed E-state index contributed by atoms with van der Waals surface area (Å²) >= 11 is 1.71. The lowest BCUT2D eigenvalue weighted by molar-refractivity contribution is 0.368. The van der Waals surface area contributed by atoms with E-state index in [1.54, 1.807) is 11.3 Å². The predicted molar refractivity (Wildman–Crippen MR) is 82.2 cm³/mol. The maximum atomic E-state index is 7.87. The van der Waals surface area contributed by atoms with Gasteiger partial charge in [0.2, 0.25) is 0 Å². The van der Waals surface area contributed by atoms with E-state index in [-0.39, 0.29) is 0 Å². The van der Waals surface area contributed by atoms with Crippen LogP contribution >= 0.6 is 11.3 Å². The molecule has 0 aromatic carbocycles. The van der Waals surface area contributed by atoms with E-state index in [0.29, 0.717) is 11.3 Å². The van der Waals surface area contributed by atoms with Crippen LogP contribution in [0.1, 0.15) is 52.5 Å². The molecule has 3 heteroatoms. The second kappa shape index (κ2) is 6.83. The summed E-state index contributed by atoms with van der Waals surface area (Å²) in [5.41, 5.74) is 2.69. The molecule has 0 saturated heterocycles. The maximum absolute atomic E-state index is 7.87. The van der Waals surface area contributed by atoms with E-state index in [0.717, 1.165) is 31.4 Å². The fourth-order valence-electron chi connectivity index (χ4n) is 1.80. The summed E-state index contributed by atoms with van der Waals surface area (Å²) in [4.78, 5) is 4.38. The molecule has 1 aromatic rings. The topological polar surface area (TPSA) is 36.2 Å². The van der Waals surface area contributed by atoms with Gasteiger partial charge in [-0.3, -0.25) is 5.41 Å². The summed E-state index contributed by atoms with van der Waals surface area (Å²) in [5.74, 6) is 0.520. The Balaban J connectivity index is 2.34. The average Bonchev–Trinajstić information content (AvgIpc) is 2.67. The molecule has 0 radical (unpaired) electrons. The Kier molecular flexibility index (Phi) is 5.73. The van der Waals surface area contributed by atoms with E-state index < -0.39 is 0 Å². The Morgan fingerprint density at radius 3 is 2.67 bits per heavy atom. The number of hydrogen-bond donors (Lipinski definition) is 1. The monoisotopic (exact) mass is 264 g/mol. The van der Waals surface area contributed by atoms with E-state index in [2.05, 4.69) is 42.6 Å². The van der Waals surface area contributed by atoms with Crippen molar-refractivity contribution in [3.63, 3.8) is 0 Å². The largest absolute Gasteiger partial charge is 0.287 e. The van der Waals surface area contributed by atoms with Crippen molar-refractivity contribution < 1.29 is 0 Å². The van der Waals surface area contributed by atoms with Gasteiger partial charge in [-0.1, -0.05) is 20.8 Å². The molecule has 1 rings (SSSR count). The molecular weight excluding hydrogens is 240 g/mol. The molecule has 0 aliphatic carbocycles. The van der Waals surface area contributed by atoms with Gasteiger partial charge in [0.15, 0.2) is 0 Å². The quantitative estimate of drug-likeness (QED) is 0.577. The number of hydrogen-bond acceptors (Lipinski definition) is 2. The Hall–Kier alpha value is -0.960. The van der Waals surface area contributed by atoms with E-state index in [9.17, 15) is 0 Å². The van der Waals surface area contributed by atoms with Crippen molar-refractivity contribution >= 4 is 22.9 Å². The van der Waals surface area contributed by atoms with Crippen molar-refractivity contribution in [3.8, 4) is 0 Å². The van der Waals surface area contributed by atoms with Gasteiger partial charge in [0.25, 0.3) is 0 Å². The van der Waals surface area contributed by atoms with Crippen LogP contribution in [0.2, 0.25) is 0 Å². The highest BCUT2D eigenvalue weighted by atomic mass is 32.1. The minimum atomic E-state index is 0.357. The lowest BCUT2D eigenvalue weighted by atomic mass is 9.90. The third-order valence-corrected chi connectivity index (χ3v) is 3.44. The minimum absolute atomic E-state index is 0.357. The van der Waals surface area contributed by atoms with Crippen LogP contribution in [0.4, 0.5) is 0 Å². The summed E-state index contributed by atoms with van der Waals surface area (Å²) in [6.07, 6.45) is 3.86. The molecular formula is C15H24N2S. The van der Waals surface area contributed by atoms with Crippen LogP contribution in [0.15, 0.2) is 21.8 Å². The second-order valence-electron chi connectivity index (χ2n) is 6.02. The number of nitrogens with one attached hydrogen (secondary N) is 1. The van der Waals surface area contributed by atoms with Gasteiger partial charge < -0.3 is 0 Å². The van der Waals surface area contributed by atoms with Crippen molar-refractivity contribution in [2.45, 2.75) is 53.4 Å². The van der Waals surface area contributed by atoms with Crippen molar-refractivity contribution in [2.24, 2.45) is 10.4 Å². The third-order valence-electron chi connectivity index (χ3n) is 2.71. The van der Waals surface area contributed by atoms with E-state index >= 15 is 0 Å². The van der Waals surface area contributed by atoms with Crippen LogP contribution < -0.4 is 0 Å². The zero-order chi connectivity index (χ0) is 13.6. The van der Waals surface area contributed by atoms with Crippen LogP contribution in [-0.2, 0) is 6.42 Å². The van der Waals surface area contributed by atoms with Crippen LogP contribution in [-0.4, -0.2) is 11.5 Å². The molecule has 1 heterocycles. The molecule has 1 aromatic heterocycles. The minimum Gasteiger partial charge on any atom is -0.287 e. The summed E-state index contributed by atoms with van der Waals surface area (Å²) in [6.45, 7) is 8.72. The summed E-state index contributed by atoms with van der Waals surface area (Å²) in [7, 11) is 0. The van der Waals surface area contributed by atoms with E-state index in [1.165, 1.54) is 5.56 Å². The fourth-order valence-corrected chi connectivity index (χ4v) is 2.47. The molecule has 2 nitrogen and oxygen atoms in total. The Bertz CT molecular complexity index is 397. The van der Waals surface area contributed by atoms with Crippen LogP contribution in [0.25, 0.3) is 0 Å². The lowest BCUT2D eigenvalue weighted by Gasteiger charge is -2.17. The first-order valence-electron chi connectivity index (χ1n) is 6.49.